The fraction of sp³-hybridized carbons (Fsp3) is 0.200. The first-order valence-corrected chi connectivity index (χ1v) is 10.0. The molecular formula is C20H20N10O2. The van der Waals surface area contributed by atoms with E-state index in [0.29, 0.717) is 41.8 Å². The van der Waals surface area contributed by atoms with Gasteiger partial charge in [-0.2, -0.15) is 10.1 Å². The molecule has 32 heavy (non-hydrogen) atoms. The lowest BCUT2D eigenvalue weighted by Gasteiger charge is -2.24. The van der Waals surface area contributed by atoms with Crippen LogP contribution in [0.5, 0.6) is 0 Å². The molecule has 12 nitrogen and oxygen atoms in total. The van der Waals surface area contributed by atoms with Crippen molar-refractivity contribution in [1.29, 1.82) is 0 Å². The fourth-order valence-corrected chi connectivity index (χ4v) is 3.71. The molecule has 1 aliphatic rings. The highest BCUT2D eigenvalue weighted by molar-refractivity contribution is 5.97. The molecule has 2 amide bonds. The Balaban J connectivity index is 1.44. The molecule has 4 aromatic heterocycles. The molecular weight excluding hydrogens is 412 g/mol. The molecule has 0 aromatic carbocycles. The molecule has 1 saturated heterocycles. The van der Waals surface area contributed by atoms with Crippen LogP contribution in [0.3, 0.4) is 0 Å². The van der Waals surface area contributed by atoms with Crippen LogP contribution < -0.4 is 21.3 Å². The smallest absolute Gasteiger partial charge is 0.266 e. The van der Waals surface area contributed by atoms with Crippen LogP contribution >= 0.6 is 0 Å². The Morgan fingerprint density at radius 3 is 2.94 bits per heavy atom. The van der Waals surface area contributed by atoms with Gasteiger partial charge in [0, 0.05) is 25.0 Å². The molecule has 4 aromatic rings. The minimum absolute atomic E-state index is 0.139. The molecule has 5 heterocycles. The second-order valence-electron chi connectivity index (χ2n) is 7.34. The molecule has 5 rings (SSSR count). The van der Waals surface area contributed by atoms with Crippen molar-refractivity contribution in [2.75, 3.05) is 22.1 Å². The van der Waals surface area contributed by atoms with E-state index in [0.717, 1.165) is 6.42 Å². The Hall–Kier alpha value is -4.48. The predicted molar refractivity (Wildman–Crippen MR) is 117 cm³/mol. The number of pyridine rings is 1. The van der Waals surface area contributed by atoms with Crippen molar-refractivity contribution in [3.63, 3.8) is 0 Å². The van der Waals surface area contributed by atoms with Crippen molar-refractivity contribution in [3.05, 3.63) is 54.6 Å². The lowest BCUT2D eigenvalue weighted by Crippen LogP contribution is -2.40. The number of nitrogens with one attached hydrogen (secondary N) is 3. The second-order valence-corrected chi connectivity index (χ2v) is 7.34. The van der Waals surface area contributed by atoms with Crippen LogP contribution in [-0.4, -0.2) is 54.2 Å². The van der Waals surface area contributed by atoms with Gasteiger partial charge >= 0.3 is 0 Å². The number of nitrogens with two attached hydrogens (primary N) is 1. The van der Waals surface area contributed by atoms with Gasteiger partial charge in [0.05, 0.1) is 11.9 Å². The van der Waals surface area contributed by atoms with E-state index in [4.69, 9.17) is 5.73 Å². The third-order valence-corrected chi connectivity index (χ3v) is 5.21. The minimum Gasteiger partial charge on any atom is -0.364 e. The number of nitrogens with zero attached hydrogens (tertiary/aromatic N) is 6. The maximum absolute atomic E-state index is 12.9. The Morgan fingerprint density at radius 2 is 2.16 bits per heavy atom. The Kier molecular flexibility index (Phi) is 4.86. The molecule has 12 heteroatoms. The summed E-state index contributed by atoms with van der Waals surface area (Å²) in [6.07, 6.45) is 6.57. The van der Waals surface area contributed by atoms with Gasteiger partial charge in [0.15, 0.2) is 11.6 Å². The van der Waals surface area contributed by atoms with Gasteiger partial charge in [-0.1, -0.05) is 0 Å². The Labute approximate surface area is 181 Å². The van der Waals surface area contributed by atoms with Crippen molar-refractivity contribution >= 4 is 40.6 Å². The van der Waals surface area contributed by atoms with Crippen LogP contribution in [0.25, 0.3) is 5.52 Å². The van der Waals surface area contributed by atoms with Gasteiger partial charge in [0.25, 0.3) is 5.91 Å². The summed E-state index contributed by atoms with van der Waals surface area (Å²) in [5.41, 5.74) is 6.82. The van der Waals surface area contributed by atoms with Crippen LogP contribution in [0.1, 0.15) is 23.3 Å². The average molecular weight is 432 g/mol. The van der Waals surface area contributed by atoms with Crippen molar-refractivity contribution < 1.29 is 9.59 Å². The van der Waals surface area contributed by atoms with Crippen molar-refractivity contribution in [2.45, 2.75) is 18.9 Å². The van der Waals surface area contributed by atoms with E-state index in [-0.39, 0.29) is 11.6 Å². The van der Waals surface area contributed by atoms with E-state index in [1.165, 1.54) is 6.07 Å². The molecule has 0 aliphatic carbocycles. The first-order valence-electron chi connectivity index (χ1n) is 10.0. The molecule has 0 bridgehead atoms. The number of hydrogen-bond acceptors (Lipinski definition) is 8. The zero-order valence-electron chi connectivity index (χ0n) is 16.9. The van der Waals surface area contributed by atoms with Gasteiger partial charge in [-0.15, -0.1) is 5.10 Å². The van der Waals surface area contributed by atoms with Crippen LogP contribution in [0.15, 0.2) is 48.9 Å². The Bertz CT molecular complexity index is 1280. The normalized spacial score (nSPS) is 15.8. The molecule has 1 atom stereocenters. The molecule has 0 unspecified atom stereocenters. The number of rotatable bonds is 6. The highest BCUT2D eigenvalue weighted by Crippen LogP contribution is 2.27. The molecule has 1 fully saturated rings. The number of fused-ring (bicyclic) bond motifs is 1. The van der Waals surface area contributed by atoms with E-state index in [1.54, 1.807) is 35.2 Å². The van der Waals surface area contributed by atoms with E-state index in [2.05, 4.69) is 35.9 Å². The SMILES string of the molecule is NC(=O)c1cc(Nc2nc(N3CCC[C@H]3C(=O)Nc3cccnc3)nn3cccc23)n[nH]1. The molecule has 1 aliphatic heterocycles. The van der Waals surface area contributed by atoms with E-state index in [1.807, 2.05) is 17.0 Å². The number of amides is 2. The lowest BCUT2D eigenvalue weighted by molar-refractivity contribution is -0.117. The maximum atomic E-state index is 12.9. The number of anilines is 4. The summed E-state index contributed by atoms with van der Waals surface area (Å²) in [5.74, 6) is 0.534. The number of carbonyl (C=O) groups is 2. The van der Waals surface area contributed by atoms with Gasteiger partial charge in [0.2, 0.25) is 11.9 Å². The summed E-state index contributed by atoms with van der Waals surface area (Å²) in [5, 5.41) is 17.2. The molecule has 0 saturated carbocycles. The highest BCUT2D eigenvalue weighted by Gasteiger charge is 2.33. The van der Waals surface area contributed by atoms with Gasteiger partial charge in [-0.25, -0.2) is 4.52 Å². The second kappa shape index (κ2) is 7.98. The average Bonchev–Trinajstić information content (AvgIpc) is 3.54. The summed E-state index contributed by atoms with van der Waals surface area (Å²) in [6, 6.07) is 8.34. The highest BCUT2D eigenvalue weighted by atomic mass is 16.2. The van der Waals surface area contributed by atoms with E-state index >= 15 is 0 Å². The lowest BCUT2D eigenvalue weighted by atomic mass is 10.2. The van der Waals surface area contributed by atoms with Crippen molar-refractivity contribution in [2.24, 2.45) is 5.73 Å². The molecule has 5 N–H and O–H groups in total. The third-order valence-electron chi connectivity index (χ3n) is 5.21. The molecule has 0 spiro atoms. The monoisotopic (exact) mass is 432 g/mol. The number of primary amides is 1. The topological polar surface area (TPSA) is 159 Å². The zero-order valence-corrected chi connectivity index (χ0v) is 16.9. The van der Waals surface area contributed by atoms with Crippen LogP contribution in [-0.2, 0) is 4.79 Å². The summed E-state index contributed by atoms with van der Waals surface area (Å²) in [7, 11) is 0. The summed E-state index contributed by atoms with van der Waals surface area (Å²) >= 11 is 0. The van der Waals surface area contributed by atoms with Crippen molar-refractivity contribution in [1.82, 2.24) is 29.8 Å². The predicted octanol–water partition coefficient (Wildman–Crippen LogP) is 1.30. The quantitative estimate of drug-likeness (QED) is 0.355. The number of H-pyrrole nitrogens is 1. The Morgan fingerprint density at radius 1 is 1.25 bits per heavy atom. The first-order chi connectivity index (χ1) is 15.6. The van der Waals surface area contributed by atoms with Gasteiger partial charge < -0.3 is 21.3 Å². The van der Waals surface area contributed by atoms with Crippen molar-refractivity contribution in [3.8, 4) is 0 Å². The first kappa shape index (κ1) is 19.5. The summed E-state index contributed by atoms with van der Waals surface area (Å²) in [6.45, 7) is 0.644. The van der Waals surface area contributed by atoms with Gasteiger partial charge in [-0.3, -0.25) is 19.7 Å². The van der Waals surface area contributed by atoms with Gasteiger partial charge in [0.1, 0.15) is 17.3 Å². The largest absolute Gasteiger partial charge is 0.364 e. The standard InChI is InChI=1S/C20H20N10O2/c21-17(31)13-10-16(27-26-13)24-18-14-5-3-9-30(14)28-20(25-18)29-8-2-6-15(29)19(32)23-12-4-1-7-22-11-12/h1,3-5,7,9-11,15H,2,6,8H2,(H2,21,31)(H,23,32)(H2,24,25,26,27,28)/t15-/m0/s1. The maximum Gasteiger partial charge on any atom is 0.266 e. The molecule has 0 radical (unpaired) electrons. The van der Waals surface area contributed by atoms with E-state index < -0.39 is 11.9 Å². The number of aromatic nitrogens is 6. The van der Waals surface area contributed by atoms with Gasteiger partial charge in [-0.05, 0) is 37.1 Å². The number of aromatic amines is 1. The third kappa shape index (κ3) is 3.69. The summed E-state index contributed by atoms with van der Waals surface area (Å²) in [4.78, 5) is 34.9. The van der Waals surface area contributed by atoms with E-state index in [9.17, 15) is 9.59 Å². The van der Waals surface area contributed by atoms with Crippen LogP contribution in [0.2, 0.25) is 0 Å². The minimum atomic E-state index is -0.610. The summed E-state index contributed by atoms with van der Waals surface area (Å²) < 4.78 is 1.68. The number of carbonyl (C=O) groups excluding carboxylic acids is 2. The van der Waals surface area contributed by atoms with Crippen LogP contribution in [0.4, 0.5) is 23.3 Å². The zero-order chi connectivity index (χ0) is 22.1. The molecule has 162 valence electrons. The fourth-order valence-electron chi connectivity index (χ4n) is 3.71. The number of hydrogen-bond donors (Lipinski definition) is 4. The van der Waals surface area contributed by atoms with Crippen LogP contribution in [0, 0.1) is 0 Å².